The molecule has 0 aromatic rings. The van der Waals surface area contributed by atoms with Crippen molar-refractivity contribution in [3.63, 3.8) is 0 Å². The molecule has 0 bridgehead atoms. The van der Waals surface area contributed by atoms with Crippen LogP contribution in [0, 0.1) is 11.8 Å². The Morgan fingerprint density at radius 1 is 1.07 bits per heavy atom. The van der Waals surface area contributed by atoms with E-state index >= 15 is 0 Å². The average molecular weight is 202 g/mol. The lowest BCUT2D eigenvalue weighted by Gasteiger charge is -2.18. The molecule has 0 saturated carbocycles. The maximum Gasteiger partial charge on any atom is 0.0543 e. The van der Waals surface area contributed by atoms with Crippen LogP contribution in [0.1, 0.15) is 52.9 Å². The fourth-order valence-electron chi connectivity index (χ4n) is 1.55. The molecule has 0 saturated heterocycles. The Kier molecular flexibility index (Phi) is 8.20. The van der Waals surface area contributed by atoms with Crippen molar-refractivity contribution in [2.24, 2.45) is 11.8 Å². The van der Waals surface area contributed by atoms with Gasteiger partial charge >= 0.3 is 0 Å². The first kappa shape index (κ1) is 13.9. The molecular weight excluding hydrogens is 176 g/mol. The lowest BCUT2D eigenvalue weighted by Crippen LogP contribution is -2.16. The summed E-state index contributed by atoms with van der Waals surface area (Å²) in [6, 6.07) is 0. The molecule has 0 spiro atoms. The number of hydrogen-bond acceptors (Lipinski definition) is 2. The first-order chi connectivity index (χ1) is 6.63. The summed E-state index contributed by atoms with van der Waals surface area (Å²) in [6.07, 6.45) is 4.65. The quantitative estimate of drug-likeness (QED) is 0.635. The van der Waals surface area contributed by atoms with Crippen LogP contribution in [0.3, 0.4) is 0 Å². The van der Waals surface area contributed by atoms with E-state index < -0.39 is 0 Å². The molecule has 14 heavy (non-hydrogen) atoms. The Balaban J connectivity index is 3.58. The average Bonchev–Trinajstić information content (AvgIpc) is 2.22. The maximum atomic E-state index is 9.72. The van der Waals surface area contributed by atoms with Gasteiger partial charge in [-0.25, -0.2) is 0 Å². The second-order valence-corrected chi connectivity index (χ2v) is 4.44. The van der Waals surface area contributed by atoms with Crippen LogP contribution in [-0.4, -0.2) is 22.9 Å². The van der Waals surface area contributed by atoms with Gasteiger partial charge in [-0.2, -0.15) is 0 Å². The Morgan fingerprint density at radius 2 is 1.71 bits per heavy atom. The zero-order valence-corrected chi connectivity index (χ0v) is 9.87. The van der Waals surface area contributed by atoms with Crippen molar-refractivity contribution >= 4 is 0 Å². The topological polar surface area (TPSA) is 40.5 Å². The van der Waals surface area contributed by atoms with E-state index in [0.717, 1.165) is 25.7 Å². The molecule has 0 aromatic heterocycles. The highest BCUT2D eigenvalue weighted by Gasteiger charge is 2.12. The van der Waals surface area contributed by atoms with Crippen molar-refractivity contribution in [1.82, 2.24) is 0 Å². The summed E-state index contributed by atoms with van der Waals surface area (Å²) in [4.78, 5) is 0. The van der Waals surface area contributed by atoms with Gasteiger partial charge in [0.1, 0.15) is 0 Å². The fraction of sp³-hybridized carbons (Fsp3) is 1.00. The van der Waals surface area contributed by atoms with Gasteiger partial charge in [-0.05, 0) is 31.1 Å². The summed E-state index contributed by atoms with van der Waals surface area (Å²) < 4.78 is 0. The van der Waals surface area contributed by atoms with Gasteiger partial charge < -0.3 is 10.2 Å². The zero-order chi connectivity index (χ0) is 11.0. The highest BCUT2D eigenvalue weighted by atomic mass is 16.3. The van der Waals surface area contributed by atoms with Crippen LogP contribution < -0.4 is 0 Å². The Morgan fingerprint density at radius 3 is 2.14 bits per heavy atom. The SMILES string of the molecule is CCC(C)CCC(O)CC(CC)CO. The second kappa shape index (κ2) is 8.25. The summed E-state index contributed by atoms with van der Waals surface area (Å²) in [5.74, 6) is 0.987. The van der Waals surface area contributed by atoms with E-state index in [0.29, 0.717) is 5.92 Å². The molecule has 0 aromatic carbocycles. The molecule has 86 valence electrons. The van der Waals surface area contributed by atoms with Gasteiger partial charge in [0.25, 0.3) is 0 Å². The minimum absolute atomic E-state index is 0.205. The van der Waals surface area contributed by atoms with Crippen molar-refractivity contribution in [2.45, 2.75) is 59.0 Å². The molecule has 0 rings (SSSR count). The third-order valence-corrected chi connectivity index (χ3v) is 3.13. The van der Waals surface area contributed by atoms with Crippen LogP contribution in [0.25, 0.3) is 0 Å². The summed E-state index contributed by atoms with van der Waals surface area (Å²) in [5, 5.41) is 18.7. The molecule has 0 amide bonds. The number of aliphatic hydroxyl groups excluding tert-OH is 2. The molecule has 3 atom stereocenters. The summed E-state index contributed by atoms with van der Waals surface area (Å²) >= 11 is 0. The van der Waals surface area contributed by atoms with Crippen molar-refractivity contribution < 1.29 is 10.2 Å². The van der Waals surface area contributed by atoms with Crippen molar-refractivity contribution in [2.75, 3.05) is 6.61 Å². The highest BCUT2D eigenvalue weighted by Crippen LogP contribution is 2.17. The van der Waals surface area contributed by atoms with Crippen LogP contribution in [-0.2, 0) is 0 Å². The lowest BCUT2D eigenvalue weighted by atomic mass is 9.94. The van der Waals surface area contributed by atoms with E-state index in [1.165, 1.54) is 6.42 Å². The van der Waals surface area contributed by atoms with Gasteiger partial charge in [0, 0.05) is 6.61 Å². The first-order valence-corrected chi connectivity index (χ1v) is 5.92. The van der Waals surface area contributed by atoms with Gasteiger partial charge in [0.2, 0.25) is 0 Å². The molecule has 0 aliphatic rings. The monoisotopic (exact) mass is 202 g/mol. The molecule has 0 aliphatic carbocycles. The minimum atomic E-state index is -0.221. The Labute approximate surface area is 88.3 Å². The molecule has 2 N–H and O–H groups in total. The molecular formula is C12H26O2. The van der Waals surface area contributed by atoms with Crippen LogP contribution in [0.4, 0.5) is 0 Å². The van der Waals surface area contributed by atoms with Gasteiger partial charge in [0.05, 0.1) is 6.10 Å². The van der Waals surface area contributed by atoms with Crippen molar-refractivity contribution in [1.29, 1.82) is 0 Å². The zero-order valence-electron chi connectivity index (χ0n) is 9.87. The summed E-state index contributed by atoms with van der Waals surface area (Å²) in [7, 11) is 0. The smallest absolute Gasteiger partial charge is 0.0543 e. The highest BCUT2D eigenvalue weighted by molar-refractivity contribution is 4.64. The third kappa shape index (κ3) is 6.39. The van der Waals surface area contributed by atoms with E-state index in [-0.39, 0.29) is 18.6 Å². The number of aliphatic hydroxyl groups is 2. The van der Waals surface area contributed by atoms with Crippen LogP contribution in [0.2, 0.25) is 0 Å². The fourth-order valence-corrected chi connectivity index (χ4v) is 1.55. The van der Waals surface area contributed by atoms with Gasteiger partial charge in [-0.15, -0.1) is 0 Å². The molecule has 3 unspecified atom stereocenters. The second-order valence-electron chi connectivity index (χ2n) is 4.44. The van der Waals surface area contributed by atoms with E-state index in [4.69, 9.17) is 5.11 Å². The van der Waals surface area contributed by atoms with E-state index in [9.17, 15) is 5.11 Å². The largest absolute Gasteiger partial charge is 0.396 e. The number of hydrogen-bond donors (Lipinski definition) is 2. The van der Waals surface area contributed by atoms with Crippen molar-refractivity contribution in [3.05, 3.63) is 0 Å². The molecule has 0 fully saturated rings. The molecule has 0 aliphatic heterocycles. The van der Waals surface area contributed by atoms with Gasteiger partial charge in [0.15, 0.2) is 0 Å². The first-order valence-electron chi connectivity index (χ1n) is 5.92. The standard InChI is InChI=1S/C12H26O2/c1-4-10(3)6-7-12(14)8-11(5-2)9-13/h10-14H,4-9H2,1-3H3. The number of rotatable bonds is 8. The lowest BCUT2D eigenvalue weighted by molar-refractivity contribution is 0.102. The predicted molar refractivity (Wildman–Crippen MR) is 60.2 cm³/mol. The van der Waals surface area contributed by atoms with Crippen molar-refractivity contribution in [3.8, 4) is 0 Å². The van der Waals surface area contributed by atoms with E-state index in [2.05, 4.69) is 20.8 Å². The van der Waals surface area contributed by atoms with E-state index in [1.54, 1.807) is 0 Å². The summed E-state index contributed by atoms with van der Waals surface area (Å²) in [5.41, 5.74) is 0. The minimum Gasteiger partial charge on any atom is -0.396 e. The Bertz CT molecular complexity index is 121. The Hall–Kier alpha value is -0.0800. The molecule has 0 heterocycles. The normalized spacial score (nSPS) is 17.8. The van der Waals surface area contributed by atoms with Crippen LogP contribution >= 0.6 is 0 Å². The molecule has 0 radical (unpaired) electrons. The predicted octanol–water partition coefficient (Wildman–Crippen LogP) is 2.58. The van der Waals surface area contributed by atoms with Gasteiger partial charge in [-0.1, -0.05) is 33.6 Å². The maximum absolute atomic E-state index is 9.72. The van der Waals surface area contributed by atoms with Gasteiger partial charge in [-0.3, -0.25) is 0 Å². The van der Waals surface area contributed by atoms with Crippen LogP contribution in [0.5, 0.6) is 0 Å². The molecule has 2 nitrogen and oxygen atoms in total. The third-order valence-electron chi connectivity index (χ3n) is 3.13. The molecule has 2 heteroatoms. The van der Waals surface area contributed by atoms with Crippen LogP contribution in [0.15, 0.2) is 0 Å². The van der Waals surface area contributed by atoms with E-state index in [1.807, 2.05) is 0 Å². The summed E-state index contributed by atoms with van der Waals surface area (Å²) in [6.45, 7) is 6.66.